The van der Waals surface area contributed by atoms with E-state index in [0.717, 1.165) is 34.7 Å². The molecule has 6 heteroatoms. The molecule has 24 heavy (non-hydrogen) atoms. The maximum Gasteiger partial charge on any atom is 0.238 e. The first-order valence-electron chi connectivity index (χ1n) is 7.82. The zero-order chi connectivity index (χ0) is 16.8. The fourth-order valence-electron chi connectivity index (χ4n) is 2.41. The van der Waals surface area contributed by atoms with Gasteiger partial charge in [-0.1, -0.05) is 15.9 Å². The maximum atomic E-state index is 12.1. The molecule has 5 nitrogen and oxygen atoms in total. The summed E-state index contributed by atoms with van der Waals surface area (Å²) in [5.74, 6) is 1.48. The van der Waals surface area contributed by atoms with E-state index in [1.165, 1.54) is 0 Å². The summed E-state index contributed by atoms with van der Waals surface area (Å²) in [6.45, 7) is 3.37. The normalized spacial score (nSPS) is 15.0. The third-order valence-electron chi connectivity index (χ3n) is 3.66. The first-order chi connectivity index (χ1) is 11.7. The molecule has 2 aromatic rings. The molecular formula is C18H19BrN2O3. The number of hydrogen-bond donors (Lipinski definition) is 1. The SMILES string of the molecule is O=C(CN1CCOCC1)Nc1ccc(Oc2ccc(Br)cc2)cc1. The second kappa shape index (κ2) is 8.28. The monoisotopic (exact) mass is 390 g/mol. The van der Waals surface area contributed by atoms with Crippen LogP contribution in [0.1, 0.15) is 0 Å². The predicted octanol–water partition coefficient (Wildman–Crippen LogP) is 3.51. The van der Waals surface area contributed by atoms with Gasteiger partial charge in [-0.05, 0) is 48.5 Å². The minimum atomic E-state index is -0.0153. The van der Waals surface area contributed by atoms with Gasteiger partial charge < -0.3 is 14.8 Å². The second-order valence-electron chi connectivity index (χ2n) is 5.52. The molecule has 0 saturated carbocycles. The van der Waals surface area contributed by atoms with Crippen LogP contribution in [0, 0.1) is 0 Å². The number of carbonyl (C=O) groups is 1. The molecule has 1 heterocycles. The van der Waals surface area contributed by atoms with Gasteiger partial charge >= 0.3 is 0 Å². The third kappa shape index (κ3) is 5.06. The summed E-state index contributed by atoms with van der Waals surface area (Å²) in [4.78, 5) is 14.1. The highest BCUT2D eigenvalue weighted by atomic mass is 79.9. The van der Waals surface area contributed by atoms with E-state index >= 15 is 0 Å². The Bertz CT molecular complexity index is 668. The van der Waals surface area contributed by atoms with Gasteiger partial charge in [0.05, 0.1) is 19.8 Å². The highest BCUT2D eigenvalue weighted by Crippen LogP contribution is 2.24. The van der Waals surface area contributed by atoms with E-state index in [-0.39, 0.29) is 5.91 Å². The fourth-order valence-corrected chi connectivity index (χ4v) is 2.67. The van der Waals surface area contributed by atoms with Crippen molar-refractivity contribution in [2.75, 3.05) is 38.2 Å². The summed E-state index contributed by atoms with van der Waals surface area (Å²) in [6.07, 6.45) is 0. The van der Waals surface area contributed by atoms with Crippen LogP contribution in [0.5, 0.6) is 11.5 Å². The van der Waals surface area contributed by atoms with E-state index in [4.69, 9.17) is 9.47 Å². The number of amides is 1. The van der Waals surface area contributed by atoms with Crippen LogP contribution >= 0.6 is 15.9 Å². The van der Waals surface area contributed by atoms with Gasteiger partial charge in [0.25, 0.3) is 0 Å². The van der Waals surface area contributed by atoms with Crippen molar-refractivity contribution in [2.24, 2.45) is 0 Å². The van der Waals surface area contributed by atoms with Gasteiger partial charge in [-0.2, -0.15) is 0 Å². The molecule has 0 spiro atoms. The quantitative estimate of drug-likeness (QED) is 0.848. The molecule has 0 unspecified atom stereocenters. The second-order valence-corrected chi connectivity index (χ2v) is 6.43. The van der Waals surface area contributed by atoms with Crippen LogP contribution in [0.3, 0.4) is 0 Å². The average molecular weight is 391 g/mol. The Morgan fingerprint density at radius 1 is 1.04 bits per heavy atom. The minimum Gasteiger partial charge on any atom is -0.457 e. The number of anilines is 1. The van der Waals surface area contributed by atoms with E-state index in [1.54, 1.807) is 0 Å². The molecule has 0 aliphatic carbocycles. The number of nitrogens with zero attached hydrogens (tertiary/aromatic N) is 1. The van der Waals surface area contributed by atoms with Crippen molar-refractivity contribution in [3.05, 3.63) is 53.0 Å². The van der Waals surface area contributed by atoms with Crippen molar-refractivity contribution in [3.8, 4) is 11.5 Å². The number of halogens is 1. The van der Waals surface area contributed by atoms with Gasteiger partial charge in [0, 0.05) is 23.2 Å². The number of benzene rings is 2. The minimum absolute atomic E-state index is 0.0153. The molecule has 1 aliphatic rings. The zero-order valence-corrected chi connectivity index (χ0v) is 14.8. The summed E-state index contributed by atoms with van der Waals surface area (Å²) in [5, 5.41) is 2.90. The Labute approximate surface area is 149 Å². The van der Waals surface area contributed by atoms with Crippen LogP contribution < -0.4 is 10.1 Å². The Hall–Kier alpha value is -1.89. The van der Waals surface area contributed by atoms with E-state index in [0.29, 0.717) is 19.8 Å². The number of rotatable bonds is 5. The number of hydrogen-bond acceptors (Lipinski definition) is 4. The van der Waals surface area contributed by atoms with Crippen LogP contribution in [0.4, 0.5) is 5.69 Å². The van der Waals surface area contributed by atoms with E-state index in [9.17, 15) is 4.79 Å². The molecular weight excluding hydrogens is 372 g/mol. The Morgan fingerprint density at radius 3 is 2.25 bits per heavy atom. The topological polar surface area (TPSA) is 50.8 Å². The van der Waals surface area contributed by atoms with Crippen molar-refractivity contribution >= 4 is 27.5 Å². The summed E-state index contributed by atoms with van der Waals surface area (Å²) < 4.78 is 12.0. The lowest BCUT2D eigenvalue weighted by Crippen LogP contribution is -2.41. The van der Waals surface area contributed by atoms with Gasteiger partial charge in [0.15, 0.2) is 0 Å². The lowest BCUT2D eigenvalue weighted by Gasteiger charge is -2.25. The largest absolute Gasteiger partial charge is 0.457 e. The van der Waals surface area contributed by atoms with Crippen LogP contribution in [-0.4, -0.2) is 43.7 Å². The van der Waals surface area contributed by atoms with E-state index in [1.807, 2.05) is 48.5 Å². The fraction of sp³-hybridized carbons (Fsp3) is 0.278. The molecule has 0 atom stereocenters. The van der Waals surface area contributed by atoms with Crippen molar-refractivity contribution < 1.29 is 14.3 Å². The van der Waals surface area contributed by atoms with Crippen molar-refractivity contribution in [2.45, 2.75) is 0 Å². The first-order valence-corrected chi connectivity index (χ1v) is 8.62. The van der Waals surface area contributed by atoms with Gasteiger partial charge in [0.1, 0.15) is 11.5 Å². The summed E-state index contributed by atoms with van der Waals surface area (Å²) >= 11 is 3.39. The highest BCUT2D eigenvalue weighted by molar-refractivity contribution is 9.10. The predicted molar refractivity (Wildman–Crippen MR) is 96.5 cm³/mol. The standard InChI is InChI=1S/C18H19BrN2O3/c19-14-1-5-16(6-2-14)24-17-7-3-15(4-8-17)20-18(22)13-21-9-11-23-12-10-21/h1-8H,9-13H2,(H,20,22). The van der Waals surface area contributed by atoms with E-state index in [2.05, 4.69) is 26.1 Å². The van der Waals surface area contributed by atoms with Gasteiger partial charge in [0.2, 0.25) is 5.91 Å². The number of carbonyl (C=O) groups excluding carboxylic acids is 1. The molecule has 1 fully saturated rings. The van der Waals surface area contributed by atoms with Gasteiger partial charge in [-0.25, -0.2) is 0 Å². The van der Waals surface area contributed by atoms with Crippen LogP contribution in [-0.2, 0) is 9.53 Å². The van der Waals surface area contributed by atoms with Crippen LogP contribution in [0.2, 0.25) is 0 Å². The van der Waals surface area contributed by atoms with Crippen LogP contribution in [0.15, 0.2) is 53.0 Å². The molecule has 3 rings (SSSR count). The lowest BCUT2D eigenvalue weighted by atomic mass is 10.3. The third-order valence-corrected chi connectivity index (χ3v) is 4.19. The van der Waals surface area contributed by atoms with Crippen molar-refractivity contribution in [1.29, 1.82) is 0 Å². The molecule has 1 aliphatic heterocycles. The molecule has 1 saturated heterocycles. The first kappa shape index (κ1) is 17.0. The molecule has 1 amide bonds. The molecule has 0 radical (unpaired) electrons. The lowest BCUT2D eigenvalue weighted by molar-refractivity contribution is -0.118. The highest BCUT2D eigenvalue weighted by Gasteiger charge is 2.14. The molecule has 0 aromatic heterocycles. The Kier molecular flexibility index (Phi) is 5.85. The summed E-state index contributed by atoms with van der Waals surface area (Å²) in [6, 6.07) is 15.0. The zero-order valence-electron chi connectivity index (χ0n) is 13.2. The van der Waals surface area contributed by atoms with Crippen LogP contribution in [0.25, 0.3) is 0 Å². The Balaban J connectivity index is 1.52. The maximum absolute atomic E-state index is 12.1. The average Bonchev–Trinajstić information content (AvgIpc) is 2.59. The smallest absolute Gasteiger partial charge is 0.238 e. The molecule has 0 bridgehead atoms. The number of ether oxygens (including phenoxy) is 2. The van der Waals surface area contributed by atoms with Crippen molar-refractivity contribution in [1.82, 2.24) is 4.90 Å². The number of morpholine rings is 1. The summed E-state index contributed by atoms with van der Waals surface area (Å²) in [7, 11) is 0. The summed E-state index contributed by atoms with van der Waals surface area (Å²) in [5.41, 5.74) is 0.761. The van der Waals surface area contributed by atoms with E-state index < -0.39 is 0 Å². The Morgan fingerprint density at radius 2 is 1.62 bits per heavy atom. The number of nitrogens with one attached hydrogen (secondary N) is 1. The van der Waals surface area contributed by atoms with Gasteiger partial charge in [-0.3, -0.25) is 9.69 Å². The van der Waals surface area contributed by atoms with Crippen molar-refractivity contribution in [3.63, 3.8) is 0 Å². The van der Waals surface area contributed by atoms with Gasteiger partial charge in [-0.15, -0.1) is 0 Å². The molecule has 126 valence electrons. The molecule has 1 N–H and O–H groups in total. The molecule has 2 aromatic carbocycles.